The van der Waals surface area contributed by atoms with Crippen molar-refractivity contribution < 1.29 is 33.6 Å². The molecule has 0 unspecified atom stereocenters. The van der Waals surface area contributed by atoms with Gasteiger partial charge in [-0.1, -0.05) is 0 Å². The predicted octanol–water partition coefficient (Wildman–Crippen LogP) is 2.00. The molecule has 4 atom stereocenters. The van der Waals surface area contributed by atoms with Gasteiger partial charge in [-0.25, -0.2) is 4.79 Å². The second kappa shape index (κ2) is 9.15. The van der Waals surface area contributed by atoms with Crippen LogP contribution in [-0.2, 0) is 9.47 Å². The number of ether oxygens (including phenoxy) is 3. The standard InChI is InChI=1S/C24H26N2O8/c1-12-16(32-23-18(28)17(27)20(31-4)24(2,3)34-23)6-5-14-11-15(22(30)33-19(12)14)26-21(29)13-7-9-25-10-8-13/h5-11,17-18,20,23,27-28H,1-4H3,(H,26,29)/t17-,18-,20+,23+/m0/s1. The average Bonchev–Trinajstić information content (AvgIpc) is 2.80. The fourth-order valence-electron chi connectivity index (χ4n) is 4.05. The molecular formula is C24H26N2O8. The number of benzene rings is 1. The molecule has 34 heavy (non-hydrogen) atoms. The summed E-state index contributed by atoms with van der Waals surface area (Å²) in [4.78, 5) is 28.8. The van der Waals surface area contributed by atoms with Crippen LogP contribution in [0.5, 0.6) is 5.75 Å². The highest BCUT2D eigenvalue weighted by molar-refractivity contribution is 6.04. The van der Waals surface area contributed by atoms with Gasteiger partial charge in [0.05, 0.1) is 5.60 Å². The lowest BCUT2D eigenvalue weighted by Crippen LogP contribution is -2.63. The van der Waals surface area contributed by atoms with Crippen LogP contribution in [0.1, 0.15) is 29.8 Å². The number of hydrogen-bond donors (Lipinski definition) is 3. The summed E-state index contributed by atoms with van der Waals surface area (Å²) in [5.41, 5.74) is -0.589. The number of aromatic nitrogens is 1. The number of pyridine rings is 1. The van der Waals surface area contributed by atoms with Crippen molar-refractivity contribution in [2.75, 3.05) is 12.4 Å². The maximum absolute atomic E-state index is 12.6. The molecule has 10 nitrogen and oxygen atoms in total. The van der Waals surface area contributed by atoms with Gasteiger partial charge in [0.15, 0.2) is 0 Å². The summed E-state index contributed by atoms with van der Waals surface area (Å²) in [5, 5.41) is 24.1. The van der Waals surface area contributed by atoms with Gasteiger partial charge in [-0.3, -0.25) is 9.78 Å². The third-order valence-corrected chi connectivity index (χ3v) is 5.83. The third-order valence-electron chi connectivity index (χ3n) is 5.83. The van der Waals surface area contributed by atoms with Crippen molar-refractivity contribution in [2.45, 2.75) is 51.0 Å². The monoisotopic (exact) mass is 470 g/mol. The third kappa shape index (κ3) is 4.40. The Bertz CT molecular complexity index is 1260. The zero-order valence-electron chi connectivity index (χ0n) is 19.1. The van der Waals surface area contributed by atoms with Crippen molar-refractivity contribution in [3.05, 3.63) is 64.3 Å². The number of anilines is 1. The number of carbonyl (C=O) groups excluding carboxylic acids is 1. The van der Waals surface area contributed by atoms with E-state index in [1.54, 1.807) is 32.9 Å². The van der Waals surface area contributed by atoms with E-state index in [1.165, 1.54) is 37.7 Å². The molecule has 4 rings (SSSR count). The molecule has 0 bridgehead atoms. The van der Waals surface area contributed by atoms with Gasteiger partial charge >= 0.3 is 5.63 Å². The first-order valence-electron chi connectivity index (χ1n) is 10.6. The van der Waals surface area contributed by atoms with E-state index in [0.29, 0.717) is 22.3 Å². The second-order valence-electron chi connectivity index (χ2n) is 8.59. The maximum atomic E-state index is 12.6. The van der Waals surface area contributed by atoms with Crippen LogP contribution < -0.4 is 15.7 Å². The Morgan fingerprint density at radius 2 is 1.85 bits per heavy atom. The van der Waals surface area contributed by atoms with Crippen LogP contribution >= 0.6 is 0 Å². The number of aliphatic hydroxyl groups excluding tert-OH is 2. The fraction of sp³-hybridized carbons (Fsp3) is 0.375. The SMILES string of the molecule is CO[C@@H]1[C@@H](O)[C@H](O)[C@H](Oc2ccc3cc(NC(=O)c4ccncc4)c(=O)oc3c2C)OC1(C)C. The topological polar surface area (TPSA) is 140 Å². The van der Waals surface area contributed by atoms with Crippen LogP contribution in [0.2, 0.25) is 0 Å². The highest BCUT2D eigenvalue weighted by Crippen LogP contribution is 2.35. The molecule has 0 radical (unpaired) electrons. The number of amides is 1. The van der Waals surface area contributed by atoms with Gasteiger partial charge in [0, 0.05) is 36.0 Å². The lowest BCUT2D eigenvalue weighted by atomic mass is 9.89. The molecule has 0 spiro atoms. The van der Waals surface area contributed by atoms with Crippen LogP contribution in [-0.4, -0.2) is 58.4 Å². The Morgan fingerprint density at radius 1 is 1.15 bits per heavy atom. The highest BCUT2D eigenvalue weighted by Gasteiger charge is 2.50. The molecule has 0 saturated carbocycles. The van der Waals surface area contributed by atoms with E-state index in [1.807, 2.05) is 0 Å². The first-order valence-corrected chi connectivity index (χ1v) is 10.6. The largest absolute Gasteiger partial charge is 0.462 e. The molecule has 1 aliphatic heterocycles. The number of hydrogen-bond acceptors (Lipinski definition) is 9. The summed E-state index contributed by atoms with van der Waals surface area (Å²) in [6.45, 7) is 5.13. The van der Waals surface area contributed by atoms with Gasteiger partial charge in [-0.15, -0.1) is 0 Å². The number of nitrogens with zero attached hydrogens (tertiary/aromatic N) is 1. The molecule has 1 aliphatic rings. The zero-order chi connectivity index (χ0) is 24.6. The molecule has 3 N–H and O–H groups in total. The van der Waals surface area contributed by atoms with E-state index in [2.05, 4.69) is 10.3 Å². The van der Waals surface area contributed by atoms with Crippen molar-refractivity contribution in [1.82, 2.24) is 4.98 Å². The normalized spacial score (nSPS) is 24.1. The summed E-state index contributed by atoms with van der Waals surface area (Å²) in [7, 11) is 1.43. The van der Waals surface area contributed by atoms with E-state index >= 15 is 0 Å². The lowest BCUT2D eigenvalue weighted by Gasteiger charge is -2.46. The average molecular weight is 470 g/mol. The van der Waals surface area contributed by atoms with Crippen molar-refractivity contribution >= 4 is 22.6 Å². The highest BCUT2D eigenvalue weighted by atomic mass is 16.7. The Kier molecular flexibility index (Phi) is 6.41. The smallest absolute Gasteiger partial charge is 0.360 e. The molecule has 1 fully saturated rings. The van der Waals surface area contributed by atoms with Gasteiger partial charge in [0.2, 0.25) is 6.29 Å². The minimum Gasteiger partial charge on any atom is -0.462 e. The Morgan fingerprint density at radius 3 is 2.53 bits per heavy atom. The molecule has 10 heteroatoms. The number of rotatable bonds is 5. The minimum atomic E-state index is -1.37. The quantitative estimate of drug-likeness (QED) is 0.478. The molecule has 0 aliphatic carbocycles. The lowest BCUT2D eigenvalue weighted by molar-refractivity contribution is -0.306. The number of fused-ring (bicyclic) bond motifs is 1. The van der Waals surface area contributed by atoms with Crippen LogP contribution in [0.3, 0.4) is 0 Å². The number of aryl methyl sites for hydroxylation is 1. The van der Waals surface area contributed by atoms with Gasteiger partial charge < -0.3 is 34.2 Å². The summed E-state index contributed by atoms with van der Waals surface area (Å²) < 4.78 is 22.5. The Hall–Kier alpha value is -3.31. The van der Waals surface area contributed by atoms with Crippen LogP contribution in [0.15, 0.2) is 51.9 Å². The second-order valence-corrected chi connectivity index (χ2v) is 8.59. The van der Waals surface area contributed by atoms with Crippen molar-refractivity contribution in [3.63, 3.8) is 0 Å². The number of aliphatic hydroxyl groups is 2. The van der Waals surface area contributed by atoms with E-state index in [-0.39, 0.29) is 11.3 Å². The van der Waals surface area contributed by atoms with Crippen LogP contribution in [0.4, 0.5) is 5.69 Å². The zero-order valence-corrected chi connectivity index (χ0v) is 19.1. The van der Waals surface area contributed by atoms with Gasteiger partial charge in [0.1, 0.15) is 35.3 Å². The first-order chi connectivity index (χ1) is 16.1. The van der Waals surface area contributed by atoms with Gasteiger partial charge in [0.25, 0.3) is 5.91 Å². The first kappa shape index (κ1) is 23.8. The fourth-order valence-corrected chi connectivity index (χ4v) is 4.05. The predicted molar refractivity (Wildman–Crippen MR) is 122 cm³/mol. The minimum absolute atomic E-state index is 0.0103. The molecule has 3 aromatic rings. The summed E-state index contributed by atoms with van der Waals surface area (Å²) in [6, 6.07) is 7.85. The summed E-state index contributed by atoms with van der Waals surface area (Å²) >= 11 is 0. The number of carbonyl (C=O) groups is 1. The van der Waals surface area contributed by atoms with Gasteiger partial charge in [-0.2, -0.15) is 0 Å². The molecule has 1 aromatic carbocycles. The molecular weight excluding hydrogens is 444 g/mol. The number of nitrogens with one attached hydrogen (secondary N) is 1. The van der Waals surface area contributed by atoms with E-state index < -0.39 is 41.7 Å². The maximum Gasteiger partial charge on any atom is 0.360 e. The Balaban J connectivity index is 1.60. The van der Waals surface area contributed by atoms with Crippen molar-refractivity contribution in [3.8, 4) is 5.75 Å². The van der Waals surface area contributed by atoms with Crippen molar-refractivity contribution in [2.24, 2.45) is 0 Å². The molecule has 3 heterocycles. The van der Waals surface area contributed by atoms with Gasteiger partial charge in [-0.05, 0) is 51.1 Å². The summed E-state index contributed by atoms with van der Waals surface area (Å²) in [6.07, 6.45) is -1.58. The van der Waals surface area contributed by atoms with Crippen LogP contribution in [0, 0.1) is 6.92 Å². The Labute approximate surface area is 195 Å². The van der Waals surface area contributed by atoms with E-state index in [9.17, 15) is 19.8 Å². The molecule has 1 saturated heterocycles. The van der Waals surface area contributed by atoms with E-state index in [4.69, 9.17) is 18.6 Å². The van der Waals surface area contributed by atoms with E-state index in [0.717, 1.165) is 0 Å². The molecule has 1 amide bonds. The molecule has 180 valence electrons. The number of methoxy groups -OCH3 is 1. The summed E-state index contributed by atoms with van der Waals surface area (Å²) in [5.74, 6) is -0.170. The molecule has 2 aromatic heterocycles. The van der Waals surface area contributed by atoms with Crippen LogP contribution in [0.25, 0.3) is 11.0 Å². The van der Waals surface area contributed by atoms with Crippen molar-refractivity contribution in [1.29, 1.82) is 0 Å².